The van der Waals surface area contributed by atoms with Gasteiger partial charge in [-0.1, -0.05) is 59.3 Å². The van der Waals surface area contributed by atoms with Crippen molar-refractivity contribution < 1.29 is 0 Å². The predicted octanol–water partition coefficient (Wildman–Crippen LogP) is 4.84. The van der Waals surface area contributed by atoms with Gasteiger partial charge >= 0.3 is 0 Å². The van der Waals surface area contributed by atoms with E-state index in [0.29, 0.717) is 0 Å². The molecule has 0 amide bonds. The molecule has 1 aliphatic heterocycles. The number of nitrogens with zero attached hydrogens (tertiary/aromatic N) is 1. The first kappa shape index (κ1) is 19.0. The molecular weight excluding hydrogens is 256 g/mol. The summed E-state index contributed by atoms with van der Waals surface area (Å²) in [4.78, 5) is 2.65. The van der Waals surface area contributed by atoms with Crippen LogP contribution in [0.1, 0.15) is 85.0 Å². The molecule has 1 saturated heterocycles. The first-order valence-electron chi connectivity index (χ1n) is 9.72. The largest absolute Gasteiger partial charge is 0.313 e. The number of likely N-dealkylation sites (tertiary alicyclic amines) is 1. The van der Waals surface area contributed by atoms with Crippen molar-refractivity contribution >= 4 is 0 Å². The van der Waals surface area contributed by atoms with Crippen LogP contribution in [-0.4, -0.2) is 37.1 Å². The second kappa shape index (κ2) is 12.5. The van der Waals surface area contributed by atoms with Gasteiger partial charge in [-0.05, 0) is 44.7 Å². The molecule has 0 radical (unpaired) electrons. The van der Waals surface area contributed by atoms with Crippen molar-refractivity contribution in [3.05, 3.63) is 0 Å². The summed E-state index contributed by atoms with van der Waals surface area (Å²) in [5.41, 5.74) is 0. The first-order valence-corrected chi connectivity index (χ1v) is 9.72. The quantitative estimate of drug-likeness (QED) is 0.519. The van der Waals surface area contributed by atoms with E-state index in [2.05, 4.69) is 31.0 Å². The van der Waals surface area contributed by atoms with E-state index in [1.165, 1.54) is 90.4 Å². The smallest absolute Gasteiger partial charge is 0.0107 e. The zero-order chi connectivity index (χ0) is 15.3. The molecule has 1 N–H and O–H groups in total. The third-order valence-corrected chi connectivity index (χ3v) is 5.05. The molecule has 0 aliphatic carbocycles. The highest BCUT2D eigenvalue weighted by Crippen LogP contribution is 2.15. The topological polar surface area (TPSA) is 15.3 Å². The maximum absolute atomic E-state index is 3.85. The number of hydrogen-bond acceptors (Lipinski definition) is 2. The van der Waals surface area contributed by atoms with Gasteiger partial charge in [0.05, 0.1) is 0 Å². The fourth-order valence-electron chi connectivity index (χ4n) is 3.34. The summed E-state index contributed by atoms with van der Waals surface area (Å²) in [5.74, 6) is 0.949. The van der Waals surface area contributed by atoms with Crippen LogP contribution in [0.2, 0.25) is 0 Å². The first-order chi connectivity index (χ1) is 10.3. The summed E-state index contributed by atoms with van der Waals surface area (Å²) in [5, 5.41) is 3.85. The van der Waals surface area contributed by atoms with Gasteiger partial charge in [-0.15, -0.1) is 0 Å². The lowest BCUT2D eigenvalue weighted by Crippen LogP contribution is -2.40. The van der Waals surface area contributed by atoms with Gasteiger partial charge in [-0.3, -0.25) is 0 Å². The van der Waals surface area contributed by atoms with Gasteiger partial charge in [-0.25, -0.2) is 0 Å². The highest BCUT2D eigenvalue weighted by molar-refractivity contribution is 4.72. The van der Waals surface area contributed by atoms with E-state index in [4.69, 9.17) is 0 Å². The summed E-state index contributed by atoms with van der Waals surface area (Å²) in [7, 11) is 0. The van der Waals surface area contributed by atoms with Crippen LogP contribution in [0, 0.1) is 5.92 Å². The maximum atomic E-state index is 3.85. The van der Waals surface area contributed by atoms with Gasteiger partial charge in [0.2, 0.25) is 0 Å². The minimum absolute atomic E-state index is 0.770. The fraction of sp³-hybridized carbons (Fsp3) is 1.00. The molecule has 0 aromatic heterocycles. The van der Waals surface area contributed by atoms with Crippen LogP contribution in [0.25, 0.3) is 0 Å². The minimum Gasteiger partial charge on any atom is -0.313 e. The molecule has 2 nitrogen and oxygen atoms in total. The molecular formula is C19H40N2. The third kappa shape index (κ3) is 9.52. The van der Waals surface area contributed by atoms with E-state index in [1.807, 2.05) is 0 Å². The van der Waals surface area contributed by atoms with Crippen LogP contribution in [0.4, 0.5) is 0 Å². The van der Waals surface area contributed by atoms with Gasteiger partial charge in [-0.2, -0.15) is 0 Å². The molecule has 1 aliphatic rings. The standard InChI is InChI=1S/C19H40N2/c1-4-6-8-10-19(11-9-7-5-2)20-14-17-21-15-12-18(3)13-16-21/h18-20H,4-17H2,1-3H3. The van der Waals surface area contributed by atoms with Gasteiger partial charge in [0.1, 0.15) is 0 Å². The monoisotopic (exact) mass is 296 g/mol. The molecule has 0 atom stereocenters. The molecule has 0 spiro atoms. The number of hydrogen-bond donors (Lipinski definition) is 1. The van der Waals surface area contributed by atoms with Gasteiger partial charge in [0, 0.05) is 19.1 Å². The van der Waals surface area contributed by atoms with Crippen LogP contribution >= 0.6 is 0 Å². The van der Waals surface area contributed by atoms with E-state index in [1.54, 1.807) is 0 Å². The number of unbranched alkanes of at least 4 members (excludes halogenated alkanes) is 4. The van der Waals surface area contributed by atoms with Crippen molar-refractivity contribution in [2.45, 2.75) is 91.0 Å². The Bertz CT molecular complexity index is 212. The van der Waals surface area contributed by atoms with Crippen LogP contribution < -0.4 is 5.32 Å². The average Bonchev–Trinajstić information content (AvgIpc) is 2.49. The molecule has 0 aromatic carbocycles. The normalized spacial score (nSPS) is 17.7. The Morgan fingerprint density at radius 2 is 1.52 bits per heavy atom. The number of nitrogens with one attached hydrogen (secondary N) is 1. The van der Waals surface area contributed by atoms with Gasteiger partial charge in [0.25, 0.3) is 0 Å². The molecule has 1 heterocycles. The van der Waals surface area contributed by atoms with Crippen LogP contribution in [0.3, 0.4) is 0 Å². The Hall–Kier alpha value is -0.0800. The molecule has 126 valence electrons. The van der Waals surface area contributed by atoms with Crippen molar-refractivity contribution in [1.82, 2.24) is 10.2 Å². The Kier molecular flexibility index (Phi) is 11.3. The third-order valence-electron chi connectivity index (χ3n) is 5.05. The molecule has 0 unspecified atom stereocenters. The van der Waals surface area contributed by atoms with E-state index >= 15 is 0 Å². The fourth-order valence-corrected chi connectivity index (χ4v) is 3.34. The van der Waals surface area contributed by atoms with Crippen LogP contribution in [0.5, 0.6) is 0 Å². The Balaban J connectivity index is 2.14. The summed E-state index contributed by atoms with van der Waals surface area (Å²) in [6.07, 6.45) is 13.9. The van der Waals surface area contributed by atoms with Crippen LogP contribution in [-0.2, 0) is 0 Å². The summed E-state index contributed by atoms with van der Waals surface area (Å²) >= 11 is 0. The lowest BCUT2D eigenvalue weighted by Gasteiger charge is -2.30. The summed E-state index contributed by atoms with van der Waals surface area (Å²) < 4.78 is 0. The van der Waals surface area contributed by atoms with Crippen molar-refractivity contribution in [3.8, 4) is 0 Å². The lowest BCUT2D eigenvalue weighted by atomic mass is 9.99. The van der Waals surface area contributed by atoms with Crippen molar-refractivity contribution in [2.75, 3.05) is 26.2 Å². The average molecular weight is 297 g/mol. The molecule has 2 heteroatoms. The molecule has 0 aromatic rings. The lowest BCUT2D eigenvalue weighted by molar-refractivity contribution is 0.190. The number of rotatable bonds is 12. The van der Waals surface area contributed by atoms with E-state index < -0.39 is 0 Å². The summed E-state index contributed by atoms with van der Waals surface area (Å²) in [6, 6.07) is 0.770. The van der Waals surface area contributed by atoms with Crippen LogP contribution in [0.15, 0.2) is 0 Å². The van der Waals surface area contributed by atoms with E-state index in [9.17, 15) is 0 Å². The van der Waals surface area contributed by atoms with Crippen molar-refractivity contribution in [3.63, 3.8) is 0 Å². The second-order valence-corrected chi connectivity index (χ2v) is 7.17. The highest BCUT2D eigenvalue weighted by Gasteiger charge is 2.15. The Morgan fingerprint density at radius 1 is 0.952 bits per heavy atom. The van der Waals surface area contributed by atoms with Crippen molar-refractivity contribution in [2.24, 2.45) is 5.92 Å². The maximum Gasteiger partial charge on any atom is 0.0107 e. The Labute approximate surface area is 134 Å². The SMILES string of the molecule is CCCCCC(CCCCC)NCCN1CCC(C)CC1. The van der Waals surface area contributed by atoms with Gasteiger partial charge in [0.15, 0.2) is 0 Å². The molecule has 0 bridgehead atoms. The predicted molar refractivity (Wildman–Crippen MR) is 94.9 cm³/mol. The molecule has 1 fully saturated rings. The molecule has 21 heavy (non-hydrogen) atoms. The zero-order valence-electron chi connectivity index (χ0n) is 15.0. The van der Waals surface area contributed by atoms with E-state index in [-0.39, 0.29) is 0 Å². The Morgan fingerprint density at radius 3 is 2.05 bits per heavy atom. The second-order valence-electron chi connectivity index (χ2n) is 7.17. The molecule has 1 rings (SSSR count). The van der Waals surface area contributed by atoms with Gasteiger partial charge < -0.3 is 10.2 Å². The molecule has 0 saturated carbocycles. The minimum atomic E-state index is 0.770. The van der Waals surface area contributed by atoms with E-state index in [0.717, 1.165) is 12.0 Å². The summed E-state index contributed by atoms with van der Waals surface area (Å²) in [6.45, 7) is 12.1. The zero-order valence-corrected chi connectivity index (χ0v) is 15.0. The van der Waals surface area contributed by atoms with Crippen molar-refractivity contribution in [1.29, 1.82) is 0 Å². The highest BCUT2D eigenvalue weighted by atomic mass is 15.1. The number of piperidine rings is 1.